The van der Waals surface area contributed by atoms with Crippen LogP contribution in [0.1, 0.15) is 88.5 Å². The second-order valence-electron chi connectivity index (χ2n) is 6.14. The quantitative estimate of drug-likeness (QED) is 0.704. The lowest BCUT2D eigenvalue weighted by Gasteiger charge is -2.25. The zero-order valence-corrected chi connectivity index (χ0v) is 14.6. The minimum absolute atomic E-state index is 0.134. The van der Waals surface area contributed by atoms with Crippen molar-refractivity contribution < 1.29 is 10.2 Å². The van der Waals surface area contributed by atoms with E-state index < -0.39 is 5.79 Å². The molecule has 1 rings (SSSR count). The maximum atomic E-state index is 10.3. The summed E-state index contributed by atoms with van der Waals surface area (Å²) in [5.74, 6) is -1.33. The Morgan fingerprint density at radius 3 is 2.05 bits per heavy atom. The summed E-state index contributed by atoms with van der Waals surface area (Å²) in [7, 11) is 0. The lowest BCUT2D eigenvalue weighted by molar-refractivity contribution is -0.171. The summed E-state index contributed by atoms with van der Waals surface area (Å²) in [5.41, 5.74) is 0.858. The Balaban J connectivity index is 3.40. The minimum atomic E-state index is -1.70. The van der Waals surface area contributed by atoms with Crippen LogP contribution >= 0.6 is 11.3 Å². The summed E-state index contributed by atoms with van der Waals surface area (Å²) in [4.78, 5) is 2.43. The summed E-state index contributed by atoms with van der Waals surface area (Å²) >= 11 is 1.77. The third kappa shape index (κ3) is 3.26. The highest BCUT2D eigenvalue weighted by Gasteiger charge is 2.34. The second kappa shape index (κ2) is 6.59. The number of thiophene rings is 1. The van der Waals surface area contributed by atoms with Gasteiger partial charge in [0.25, 0.3) is 0 Å². The monoisotopic (exact) mass is 298 g/mol. The summed E-state index contributed by atoms with van der Waals surface area (Å²) in [6.07, 6.45) is 3.47. The number of aliphatic hydroxyl groups is 2. The van der Waals surface area contributed by atoms with E-state index in [1.54, 1.807) is 11.3 Å². The smallest absolute Gasteiger partial charge is 0.190 e. The van der Waals surface area contributed by atoms with Gasteiger partial charge in [0.2, 0.25) is 0 Å². The molecular weight excluding hydrogens is 268 g/mol. The van der Waals surface area contributed by atoms with Crippen LogP contribution in [0.2, 0.25) is 0 Å². The van der Waals surface area contributed by atoms with Crippen molar-refractivity contribution in [1.29, 1.82) is 0 Å². The fraction of sp³-hybridized carbons (Fsp3) is 0.765. The first-order valence-corrected chi connectivity index (χ1v) is 8.66. The molecule has 1 aromatic rings. The van der Waals surface area contributed by atoms with Crippen molar-refractivity contribution in [3.05, 3.63) is 21.4 Å². The Labute approximate surface area is 127 Å². The van der Waals surface area contributed by atoms with E-state index in [1.807, 2.05) is 13.0 Å². The molecule has 0 aromatic carbocycles. The summed E-state index contributed by atoms with van der Waals surface area (Å²) in [6, 6.07) is 2.04. The van der Waals surface area contributed by atoms with Crippen LogP contribution in [0.25, 0.3) is 0 Å². The predicted octanol–water partition coefficient (Wildman–Crippen LogP) is 4.89. The Morgan fingerprint density at radius 1 is 1.10 bits per heavy atom. The third-order valence-corrected chi connectivity index (χ3v) is 6.57. The van der Waals surface area contributed by atoms with Crippen molar-refractivity contribution >= 4 is 11.3 Å². The molecular formula is C17H30O2S. The lowest BCUT2D eigenvalue weighted by atomic mass is 9.82. The molecule has 2 nitrogen and oxygen atoms in total. The predicted molar refractivity (Wildman–Crippen MR) is 87.4 cm³/mol. The summed E-state index contributed by atoms with van der Waals surface area (Å²) in [6.45, 7) is 12.8. The van der Waals surface area contributed by atoms with Crippen molar-refractivity contribution in [1.82, 2.24) is 0 Å². The number of hydrogen-bond donors (Lipinski definition) is 2. The largest absolute Gasteiger partial charge is 0.362 e. The van der Waals surface area contributed by atoms with Crippen LogP contribution in [0.15, 0.2) is 6.07 Å². The third-order valence-electron chi connectivity index (χ3n) is 4.90. The van der Waals surface area contributed by atoms with E-state index in [4.69, 9.17) is 0 Å². The molecule has 20 heavy (non-hydrogen) atoms. The second-order valence-corrected chi connectivity index (χ2v) is 7.22. The van der Waals surface area contributed by atoms with E-state index in [9.17, 15) is 10.2 Å². The number of rotatable bonds is 7. The van der Waals surface area contributed by atoms with E-state index >= 15 is 0 Å². The molecule has 0 fully saturated rings. The van der Waals surface area contributed by atoms with Crippen LogP contribution < -0.4 is 0 Å². The van der Waals surface area contributed by atoms with Crippen molar-refractivity contribution in [2.24, 2.45) is 0 Å². The number of hydrogen-bond acceptors (Lipinski definition) is 3. The lowest BCUT2D eigenvalue weighted by Crippen LogP contribution is -2.25. The van der Waals surface area contributed by atoms with Gasteiger partial charge in [0.05, 0.1) is 0 Å². The topological polar surface area (TPSA) is 40.5 Å². The fourth-order valence-corrected chi connectivity index (χ4v) is 4.00. The van der Waals surface area contributed by atoms with Gasteiger partial charge in [-0.3, -0.25) is 0 Å². The molecule has 0 aliphatic heterocycles. The zero-order chi connectivity index (χ0) is 15.6. The molecule has 116 valence electrons. The summed E-state index contributed by atoms with van der Waals surface area (Å²) in [5, 5.41) is 20.6. The van der Waals surface area contributed by atoms with Gasteiger partial charge in [-0.25, -0.2) is 0 Å². The van der Waals surface area contributed by atoms with Crippen LogP contribution in [0.5, 0.6) is 0 Å². The normalized spacial score (nSPS) is 14.6. The van der Waals surface area contributed by atoms with Crippen LogP contribution in [0.3, 0.4) is 0 Å². The highest BCUT2D eigenvalue weighted by Crippen LogP contribution is 2.44. The molecule has 0 aliphatic rings. The van der Waals surface area contributed by atoms with Gasteiger partial charge in [0.15, 0.2) is 5.79 Å². The highest BCUT2D eigenvalue weighted by molar-refractivity contribution is 7.12. The Morgan fingerprint density at radius 2 is 1.65 bits per heavy atom. The Hall–Kier alpha value is -0.380. The van der Waals surface area contributed by atoms with Gasteiger partial charge >= 0.3 is 0 Å². The van der Waals surface area contributed by atoms with E-state index in [1.165, 1.54) is 4.88 Å². The van der Waals surface area contributed by atoms with Gasteiger partial charge in [-0.05, 0) is 31.2 Å². The maximum absolute atomic E-state index is 10.3. The molecule has 0 bridgehead atoms. The van der Waals surface area contributed by atoms with Gasteiger partial charge < -0.3 is 10.2 Å². The maximum Gasteiger partial charge on any atom is 0.190 e. The average Bonchev–Trinajstić information content (AvgIpc) is 2.92. The molecule has 2 N–H and O–H groups in total. The standard InChI is InChI=1S/C17H30O2S/c1-7-12(5)15-13(17(18,19)10-4)11-14(20-15)16(6,8-2)9-3/h11-12,18-19H,7-10H2,1-6H3. The van der Waals surface area contributed by atoms with Gasteiger partial charge in [-0.15, -0.1) is 11.3 Å². The first-order valence-electron chi connectivity index (χ1n) is 7.85. The molecule has 1 unspecified atom stereocenters. The fourth-order valence-electron chi connectivity index (χ4n) is 2.36. The molecule has 0 amide bonds. The van der Waals surface area contributed by atoms with Crippen molar-refractivity contribution in [3.8, 4) is 0 Å². The van der Waals surface area contributed by atoms with E-state index in [0.29, 0.717) is 12.3 Å². The van der Waals surface area contributed by atoms with Crippen LogP contribution in [0.4, 0.5) is 0 Å². The molecule has 0 aliphatic carbocycles. The van der Waals surface area contributed by atoms with Crippen LogP contribution in [0, 0.1) is 0 Å². The van der Waals surface area contributed by atoms with E-state index in [-0.39, 0.29) is 5.41 Å². The van der Waals surface area contributed by atoms with Crippen molar-refractivity contribution in [3.63, 3.8) is 0 Å². The van der Waals surface area contributed by atoms with E-state index in [2.05, 4.69) is 34.6 Å². The molecule has 0 saturated carbocycles. The van der Waals surface area contributed by atoms with Crippen molar-refractivity contribution in [2.45, 2.75) is 84.3 Å². The Bertz CT molecular complexity index is 430. The first-order chi connectivity index (χ1) is 9.25. The SMILES string of the molecule is CCC(C)c1sc(C(C)(CC)CC)cc1C(O)(O)CC. The van der Waals surface area contributed by atoms with Gasteiger partial charge in [-0.1, -0.05) is 41.5 Å². The van der Waals surface area contributed by atoms with Gasteiger partial charge in [0, 0.05) is 27.2 Å². The van der Waals surface area contributed by atoms with Crippen LogP contribution in [-0.4, -0.2) is 10.2 Å². The molecule has 0 saturated heterocycles. The summed E-state index contributed by atoms with van der Waals surface area (Å²) < 4.78 is 0. The molecule has 1 aromatic heterocycles. The molecule has 0 spiro atoms. The molecule has 1 heterocycles. The Kier molecular flexibility index (Phi) is 5.82. The van der Waals surface area contributed by atoms with Crippen molar-refractivity contribution in [2.75, 3.05) is 0 Å². The average molecular weight is 298 g/mol. The molecule has 3 heteroatoms. The molecule has 0 radical (unpaired) electrons. The van der Waals surface area contributed by atoms with Gasteiger partial charge in [0.1, 0.15) is 0 Å². The molecule has 1 atom stereocenters. The first kappa shape index (κ1) is 17.7. The highest BCUT2D eigenvalue weighted by atomic mass is 32.1. The van der Waals surface area contributed by atoms with Gasteiger partial charge in [-0.2, -0.15) is 0 Å². The van der Waals surface area contributed by atoms with E-state index in [0.717, 1.165) is 29.7 Å². The van der Waals surface area contributed by atoms with Crippen LogP contribution in [-0.2, 0) is 11.2 Å². The minimum Gasteiger partial charge on any atom is -0.362 e. The zero-order valence-electron chi connectivity index (χ0n) is 13.8.